The minimum Gasteiger partial charge on any atom is -0.469 e. The minimum atomic E-state index is 0.731. The third-order valence-corrected chi connectivity index (χ3v) is 2.34. The van der Waals surface area contributed by atoms with Crippen LogP contribution >= 0.6 is 12.2 Å². The Morgan fingerprint density at radius 3 is 2.87 bits per heavy atom. The first-order valence-corrected chi connectivity index (χ1v) is 5.78. The van der Waals surface area contributed by atoms with E-state index in [1.54, 1.807) is 6.26 Å². The van der Waals surface area contributed by atoms with E-state index in [-0.39, 0.29) is 0 Å². The lowest BCUT2D eigenvalue weighted by Crippen LogP contribution is -2.36. The van der Waals surface area contributed by atoms with Gasteiger partial charge < -0.3 is 15.1 Å². The van der Waals surface area contributed by atoms with E-state index < -0.39 is 0 Å². The largest absolute Gasteiger partial charge is 0.469 e. The SMILES string of the molecule is CCCCNC(=S)NCCc1ccco1. The molecule has 0 aliphatic rings. The van der Waals surface area contributed by atoms with Crippen molar-refractivity contribution in [1.29, 1.82) is 0 Å². The van der Waals surface area contributed by atoms with Gasteiger partial charge in [0.05, 0.1) is 6.26 Å². The summed E-state index contributed by atoms with van der Waals surface area (Å²) in [4.78, 5) is 0. The fourth-order valence-electron chi connectivity index (χ4n) is 1.20. The lowest BCUT2D eigenvalue weighted by molar-refractivity contribution is 0.507. The second kappa shape index (κ2) is 7.29. The molecular weight excluding hydrogens is 208 g/mol. The maximum Gasteiger partial charge on any atom is 0.166 e. The van der Waals surface area contributed by atoms with Gasteiger partial charge in [-0.25, -0.2) is 0 Å². The summed E-state index contributed by atoms with van der Waals surface area (Å²) in [5, 5.41) is 7.03. The summed E-state index contributed by atoms with van der Waals surface area (Å²) in [6.45, 7) is 3.92. The maximum atomic E-state index is 5.21. The molecule has 1 aromatic rings. The molecule has 4 heteroatoms. The first-order valence-electron chi connectivity index (χ1n) is 5.37. The Morgan fingerprint density at radius 1 is 1.40 bits per heavy atom. The second-order valence-corrected chi connectivity index (χ2v) is 3.77. The van der Waals surface area contributed by atoms with Gasteiger partial charge in [0.2, 0.25) is 0 Å². The first kappa shape index (κ1) is 12.0. The fraction of sp³-hybridized carbons (Fsp3) is 0.545. The quantitative estimate of drug-likeness (QED) is 0.575. The second-order valence-electron chi connectivity index (χ2n) is 3.37. The topological polar surface area (TPSA) is 37.2 Å². The van der Waals surface area contributed by atoms with E-state index in [1.807, 2.05) is 12.1 Å². The number of rotatable bonds is 6. The van der Waals surface area contributed by atoms with Crippen molar-refractivity contribution in [3.05, 3.63) is 24.2 Å². The zero-order valence-corrected chi connectivity index (χ0v) is 9.90. The summed E-state index contributed by atoms with van der Waals surface area (Å²) < 4.78 is 5.21. The highest BCUT2D eigenvalue weighted by Crippen LogP contribution is 1.99. The third-order valence-electron chi connectivity index (χ3n) is 2.05. The molecule has 15 heavy (non-hydrogen) atoms. The number of nitrogens with one attached hydrogen (secondary N) is 2. The molecule has 0 aliphatic carbocycles. The number of hydrogen-bond acceptors (Lipinski definition) is 2. The lowest BCUT2D eigenvalue weighted by Gasteiger charge is -2.08. The Kier molecular flexibility index (Phi) is 5.85. The normalized spacial score (nSPS) is 9.93. The van der Waals surface area contributed by atoms with Crippen LogP contribution < -0.4 is 10.6 Å². The van der Waals surface area contributed by atoms with Crippen LogP contribution in [0.4, 0.5) is 0 Å². The molecule has 0 aliphatic heterocycles. The van der Waals surface area contributed by atoms with Crippen LogP contribution in [0.3, 0.4) is 0 Å². The van der Waals surface area contributed by atoms with Gasteiger partial charge >= 0.3 is 0 Å². The Labute approximate surface area is 96.2 Å². The van der Waals surface area contributed by atoms with Crippen LogP contribution in [0.2, 0.25) is 0 Å². The van der Waals surface area contributed by atoms with Crippen molar-refractivity contribution in [1.82, 2.24) is 10.6 Å². The molecule has 84 valence electrons. The van der Waals surface area contributed by atoms with Crippen molar-refractivity contribution < 1.29 is 4.42 Å². The van der Waals surface area contributed by atoms with Gasteiger partial charge in [0.1, 0.15) is 5.76 Å². The maximum absolute atomic E-state index is 5.21. The van der Waals surface area contributed by atoms with Crippen LogP contribution in [0.5, 0.6) is 0 Å². The predicted octanol–water partition coefficient (Wildman–Crippen LogP) is 2.09. The van der Waals surface area contributed by atoms with Crippen molar-refractivity contribution in [2.24, 2.45) is 0 Å². The fourth-order valence-corrected chi connectivity index (χ4v) is 1.40. The molecule has 0 unspecified atom stereocenters. The van der Waals surface area contributed by atoms with E-state index in [9.17, 15) is 0 Å². The molecule has 0 saturated heterocycles. The van der Waals surface area contributed by atoms with Crippen molar-refractivity contribution in [3.63, 3.8) is 0 Å². The smallest absolute Gasteiger partial charge is 0.166 e. The monoisotopic (exact) mass is 226 g/mol. The van der Waals surface area contributed by atoms with Crippen molar-refractivity contribution in [2.75, 3.05) is 13.1 Å². The van der Waals surface area contributed by atoms with E-state index in [0.717, 1.165) is 36.8 Å². The molecule has 1 aromatic heterocycles. The summed E-state index contributed by atoms with van der Waals surface area (Å²) in [5.74, 6) is 0.985. The average Bonchev–Trinajstić information content (AvgIpc) is 2.71. The van der Waals surface area contributed by atoms with E-state index >= 15 is 0 Å². The van der Waals surface area contributed by atoms with Gasteiger partial charge in [-0.3, -0.25) is 0 Å². The van der Waals surface area contributed by atoms with Gasteiger partial charge in [0.25, 0.3) is 0 Å². The van der Waals surface area contributed by atoms with E-state index in [0.29, 0.717) is 0 Å². The van der Waals surface area contributed by atoms with Crippen LogP contribution in [0, 0.1) is 0 Å². The van der Waals surface area contributed by atoms with Gasteiger partial charge in [-0.1, -0.05) is 13.3 Å². The summed E-state index contributed by atoms with van der Waals surface area (Å²) in [5.41, 5.74) is 0. The predicted molar refractivity (Wildman–Crippen MR) is 65.9 cm³/mol. The zero-order chi connectivity index (χ0) is 10.9. The summed E-state index contributed by atoms with van der Waals surface area (Å²) in [6, 6.07) is 3.86. The molecule has 0 aromatic carbocycles. The van der Waals surface area contributed by atoms with Crippen LogP contribution in [0.15, 0.2) is 22.8 Å². The molecule has 2 N–H and O–H groups in total. The Hall–Kier alpha value is -1.03. The number of thiocarbonyl (C=S) groups is 1. The molecule has 0 amide bonds. The summed E-state index contributed by atoms with van der Waals surface area (Å²) >= 11 is 5.11. The van der Waals surface area contributed by atoms with Gasteiger partial charge in [-0.2, -0.15) is 0 Å². The van der Waals surface area contributed by atoms with Gasteiger partial charge in [0, 0.05) is 19.5 Å². The van der Waals surface area contributed by atoms with Crippen molar-refractivity contribution in [2.45, 2.75) is 26.2 Å². The molecule has 0 atom stereocenters. The number of furan rings is 1. The molecule has 3 nitrogen and oxygen atoms in total. The highest BCUT2D eigenvalue weighted by Gasteiger charge is 1.96. The first-order chi connectivity index (χ1) is 7.33. The Morgan fingerprint density at radius 2 is 2.20 bits per heavy atom. The highest BCUT2D eigenvalue weighted by molar-refractivity contribution is 7.80. The van der Waals surface area contributed by atoms with Crippen molar-refractivity contribution >= 4 is 17.3 Å². The molecule has 1 rings (SSSR count). The van der Waals surface area contributed by atoms with Crippen molar-refractivity contribution in [3.8, 4) is 0 Å². The number of unbranched alkanes of at least 4 members (excludes halogenated alkanes) is 1. The molecule has 0 spiro atoms. The Balaban J connectivity index is 2.02. The van der Waals surface area contributed by atoms with E-state index in [1.165, 1.54) is 6.42 Å². The Bertz CT molecular complexity index is 272. The van der Waals surface area contributed by atoms with Gasteiger partial charge in [0.15, 0.2) is 5.11 Å². The van der Waals surface area contributed by atoms with Crippen LogP contribution in [-0.2, 0) is 6.42 Å². The molecule has 0 radical (unpaired) electrons. The molecule has 1 heterocycles. The number of hydrogen-bond donors (Lipinski definition) is 2. The van der Waals surface area contributed by atoms with E-state index in [2.05, 4.69) is 17.6 Å². The van der Waals surface area contributed by atoms with Crippen LogP contribution in [0.25, 0.3) is 0 Å². The highest BCUT2D eigenvalue weighted by atomic mass is 32.1. The van der Waals surface area contributed by atoms with Gasteiger partial charge in [-0.05, 0) is 30.8 Å². The summed E-state index contributed by atoms with van der Waals surface area (Å²) in [6.07, 6.45) is 4.89. The van der Waals surface area contributed by atoms with E-state index in [4.69, 9.17) is 16.6 Å². The zero-order valence-electron chi connectivity index (χ0n) is 9.08. The molecule has 0 bridgehead atoms. The minimum absolute atomic E-state index is 0.731. The van der Waals surface area contributed by atoms with Crippen LogP contribution in [-0.4, -0.2) is 18.2 Å². The lowest BCUT2D eigenvalue weighted by atomic mass is 10.3. The van der Waals surface area contributed by atoms with Gasteiger partial charge in [-0.15, -0.1) is 0 Å². The standard InChI is InChI=1S/C11H18N2OS/c1-2-3-7-12-11(15)13-8-6-10-5-4-9-14-10/h4-5,9H,2-3,6-8H2,1H3,(H2,12,13,15). The molecule has 0 fully saturated rings. The molecular formula is C11H18N2OS. The third kappa shape index (κ3) is 5.42. The van der Waals surface area contributed by atoms with Crippen LogP contribution in [0.1, 0.15) is 25.5 Å². The average molecular weight is 226 g/mol. The molecule has 0 saturated carbocycles. The summed E-state index contributed by atoms with van der Waals surface area (Å²) in [7, 11) is 0.